The van der Waals surface area contributed by atoms with E-state index in [0.29, 0.717) is 25.4 Å². The Labute approximate surface area is 233 Å². The maximum absolute atomic E-state index is 12.7. The number of carbonyl (C=O) groups is 1. The van der Waals surface area contributed by atoms with Gasteiger partial charge in [0.1, 0.15) is 17.2 Å². The molecule has 1 fully saturated rings. The molecule has 1 saturated heterocycles. The van der Waals surface area contributed by atoms with E-state index < -0.39 is 0 Å². The molecule has 2 aromatic heterocycles. The average molecular weight is 549 g/mol. The first-order valence-corrected chi connectivity index (χ1v) is 14.6. The third-order valence-corrected chi connectivity index (χ3v) is 7.67. The summed E-state index contributed by atoms with van der Waals surface area (Å²) in [5, 5.41) is 3.62. The summed E-state index contributed by atoms with van der Waals surface area (Å²) < 4.78 is 20.5. The molecule has 0 spiro atoms. The van der Waals surface area contributed by atoms with Crippen molar-refractivity contribution in [2.75, 3.05) is 38.2 Å². The number of anilines is 1. The van der Waals surface area contributed by atoms with Crippen molar-refractivity contribution >= 4 is 33.2 Å². The first-order valence-electron chi connectivity index (χ1n) is 13.7. The van der Waals surface area contributed by atoms with Crippen molar-refractivity contribution in [3.05, 3.63) is 65.4 Å². The van der Waals surface area contributed by atoms with Crippen molar-refractivity contribution < 1.29 is 19.0 Å². The van der Waals surface area contributed by atoms with Crippen molar-refractivity contribution in [2.24, 2.45) is 0 Å². The maximum Gasteiger partial charge on any atom is 0.340 e. The number of esters is 1. The molecular weight excluding hydrogens is 512 g/mol. The van der Waals surface area contributed by atoms with Gasteiger partial charge in [0, 0.05) is 38.1 Å². The molecule has 9 heteroatoms. The minimum absolute atomic E-state index is 0.264. The Morgan fingerprint density at radius 1 is 1.00 bits per heavy atom. The minimum Gasteiger partial charge on any atom is -0.492 e. The zero-order valence-electron chi connectivity index (χ0n) is 22.8. The molecule has 0 atom stereocenters. The smallest absolute Gasteiger partial charge is 0.340 e. The first-order chi connectivity index (χ1) is 19.1. The Kier molecular flexibility index (Phi) is 8.68. The summed E-state index contributed by atoms with van der Waals surface area (Å²) in [6.45, 7) is 10.1. The van der Waals surface area contributed by atoms with E-state index in [1.54, 1.807) is 5.51 Å². The SMILES string of the molecule is CCOC(=O)c1cc2scnc2cc1NC1CCN(Cc2cc(OCC)c(-n3cccc3)c(OCC)c2)CC1. The number of nitrogens with zero attached hydrogens (tertiary/aromatic N) is 3. The lowest BCUT2D eigenvalue weighted by Crippen LogP contribution is -2.39. The van der Waals surface area contributed by atoms with Gasteiger partial charge in [-0.25, -0.2) is 9.78 Å². The molecule has 1 aliphatic heterocycles. The van der Waals surface area contributed by atoms with Gasteiger partial charge in [0.05, 0.1) is 46.8 Å². The molecule has 206 valence electrons. The van der Waals surface area contributed by atoms with Gasteiger partial charge in [-0.1, -0.05) is 0 Å². The third kappa shape index (κ3) is 6.20. The number of ether oxygens (including phenoxy) is 3. The monoisotopic (exact) mass is 548 g/mol. The highest BCUT2D eigenvalue weighted by Crippen LogP contribution is 2.36. The molecule has 1 aliphatic rings. The van der Waals surface area contributed by atoms with Crippen LogP contribution in [0.15, 0.2) is 54.3 Å². The molecule has 3 heterocycles. The van der Waals surface area contributed by atoms with Crippen LogP contribution in [0.2, 0.25) is 0 Å². The summed E-state index contributed by atoms with van der Waals surface area (Å²) in [5.74, 6) is 1.36. The lowest BCUT2D eigenvalue weighted by Gasteiger charge is -2.33. The van der Waals surface area contributed by atoms with Gasteiger partial charge in [-0.3, -0.25) is 4.90 Å². The van der Waals surface area contributed by atoms with Gasteiger partial charge < -0.3 is 24.1 Å². The summed E-state index contributed by atoms with van der Waals surface area (Å²) in [6.07, 6.45) is 5.96. The third-order valence-electron chi connectivity index (χ3n) is 6.88. The lowest BCUT2D eigenvalue weighted by molar-refractivity contribution is 0.0527. The second-order valence-corrected chi connectivity index (χ2v) is 10.4. The van der Waals surface area contributed by atoms with Gasteiger partial charge in [-0.15, -0.1) is 11.3 Å². The number of carbonyl (C=O) groups excluding carboxylic acids is 1. The molecule has 4 aromatic rings. The highest BCUT2D eigenvalue weighted by atomic mass is 32.1. The van der Waals surface area contributed by atoms with Gasteiger partial charge in [-0.05, 0) is 75.6 Å². The number of aromatic nitrogens is 2. The second-order valence-electron chi connectivity index (χ2n) is 9.53. The van der Waals surface area contributed by atoms with E-state index in [4.69, 9.17) is 14.2 Å². The zero-order valence-corrected chi connectivity index (χ0v) is 23.6. The molecule has 0 amide bonds. The summed E-state index contributed by atoms with van der Waals surface area (Å²) in [6, 6.07) is 12.4. The van der Waals surface area contributed by atoms with Crippen LogP contribution in [-0.4, -0.2) is 59.4 Å². The maximum atomic E-state index is 12.7. The molecule has 0 saturated carbocycles. The molecule has 1 N–H and O–H groups in total. The van der Waals surface area contributed by atoms with Gasteiger partial charge in [0.2, 0.25) is 0 Å². The summed E-state index contributed by atoms with van der Waals surface area (Å²) >= 11 is 1.53. The van der Waals surface area contributed by atoms with Gasteiger partial charge >= 0.3 is 5.97 Å². The number of hydrogen-bond donors (Lipinski definition) is 1. The van der Waals surface area contributed by atoms with E-state index >= 15 is 0 Å². The molecule has 5 rings (SSSR count). The van der Waals surface area contributed by atoms with Crippen LogP contribution in [0.25, 0.3) is 15.9 Å². The Bertz CT molecular complexity index is 1370. The van der Waals surface area contributed by atoms with Gasteiger partial charge in [-0.2, -0.15) is 0 Å². The fraction of sp³-hybridized carbons (Fsp3) is 0.400. The number of hydrogen-bond acceptors (Lipinski definition) is 8. The largest absolute Gasteiger partial charge is 0.492 e. The Hall–Kier alpha value is -3.56. The summed E-state index contributed by atoms with van der Waals surface area (Å²) in [4.78, 5) is 19.6. The lowest BCUT2D eigenvalue weighted by atomic mass is 10.0. The van der Waals surface area contributed by atoms with Crippen molar-refractivity contribution in [2.45, 2.75) is 46.2 Å². The fourth-order valence-electron chi connectivity index (χ4n) is 5.11. The van der Waals surface area contributed by atoms with Gasteiger partial charge in [0.15, 0.2) is 0 Å². The Balaban J connectivity index is 1.28. The molecule has 8 nitrogen and oxygen atoms in total. The van der Waals surface area contributed by atoms with Crippen LogP contribution in [0.1, 0.15) is 49.5 Å². The van der Waals surface area contributed by atoms with Crippen molar-refractivity contribution in [3.8, 4) is 17.2 Å². The van der Waals surface area contributed by atoms with Crippen LogP contribution in [0, 0.1) is 0 Å². The first kappa shape index (κ1) is 27.0. The second kappa shape index (κ2) is 12.5. The van der Waals surface area contributed by atoms with E-state index in [-0.39, 0.29) is 12.0 Å². The van der Waals surface area contributed by atoms with Crippen LogP contribution < -0.4 is 14.8 Å². The quantitative estimate of drug-likeness (QED) is 0.226. The number of likely N-dealkylation sites (tertiary alicyclic amines) is 1. The van der Waals surface area contributed by atoms with E-state index in [1.165, 1.54) is 16.9 Å². The molecule has 2 aromatic carbocycles. The predicted octanol–water partition coefficient (Wildman–Crippen LogP) is 6.14. The number of benzene rings is 2. The molecule has 0 unspecified atom stereocenters. The summed E-state index contributed by atoms with van der Waals surface area (Å²) in [7, 11) is 0. The molecular formula is C30H36N4O4S. The number of thiazole rings is 1. The molecule has 0 radical (unpaired) electrons. The van der Waals surface area contributed by atoms with Crippen LogP contribution >= 0.6 is 11.3 Å². The minimum atomic E-state index is -0.300. The van der Waals surface area contributed by atoms with Crippen molar-refractivity contribution in [1.29, 1.82) is 0 Å². The number of rotatable bonds is 11. The van der Waals surface area contributed by atoms with E-state index in [2.05, 4.69) is 27.3 Å². The Morgan fingerprint density at radius 2 is 1.69 bits per heavy atom. The average Bonchev–Trinajstić information content (AvgIpc) is 3.62. The topological polar surface area (TPSA) is 77.9 Å². The zero-order chi connectivity index (χ0) is 27.2. The van der Waals surface area contributed by atoms with Crippen LogP contribution in [0.4, 0.5) is 5.69 Å². The Morgan fingerprint density at radius 3 is 2.33 bits per heavy atom. The predicted molar refractivity (Wildman–Crippen MR) is 156 cm³/mol. The highest BCUT2D eigenvalue weighted by molar-refractivity contribution is 7.16. The van der Waals surface area contributed by atoms with E-state index in [0.717, 1.165) is 65.6 Å². The molecule has 0 bridgehead atoms. The number of piperidine rings is 1. The van der Waals surface area contributed by atoms with Gasteiger partial charge in [0.25, 0.3) is 0 Å². The van der Waals surface area contributed by atoms with E-state index in [1.807, 2.05) is 62.0 Å². The van der Waals surface area contributed by atoms with Crippen LogP contribution in [-0.2, 0) is 11.3 Å². The molecule has 39 heavy (non-hydrogen) atoms. The highest BCUT2D eigenvalue weighted by Gasteiger charge is 2.23. The molecule has 0 aliphatic carbocycles. The normalized spacial score (nSPS) is 14.4. The van der Waals surface area contributed by atoms with Crippen LogP contribution in [0.5, 0.6) is 11.5 Å². The van der Waals surface area contributed by atoms with Crippen molar-refractivity contribution in [3.63, 3.8) is 0 Å². The van der Waals surface area contributed by atoms with Crippen LogP contribution in [0.3, 0.4) is 0 Å². The fourth-order valence-corrected chi connectivity index (χ4v) is 5.81. The number of nitrogens with one attached hydrogen (secondary N) is 1. The van der Waals surface area contributed by atoms with E-state index in [9.17, 15) is 4.79 Å². The number of fused-ring (bicyclic) bond motifs is 1. The summed E-state index contributed by atoms with van der Waals surface area (Å²) in [5.41, 5.74) is 6.18. The standard InChI is InChI=1S/C30H36N4O4S/c1-4-36-26-15-21(16-27(37-5-2)29(26)34-11-7-8-12-34)19-33-13-9-22(10-14-33)32-24-18-25-28(39-20-31-25)17-23(24)30(35)38-6-3/h7-8,11-12,15-18,20,22,32H,4-6,9-10,13-14,19H2,1-3H3. The van der Waals surface area contributed by atoms with Crippen molar-refractivity contribution in [1.82, 2.24) is 14.5 Å².